The third-order valence-corrected chi connectivity index (χ3v) is 3.38. The van der Waals surface area contributed by atoms with Crippen molar-refractivity contribution in [3.8, 4) is 0 Å². The molecule has 0 saturated carbocycles. The van der Waals surface area contributed by atoms with Gasteiger partial charge in [-0.15, -0.1) is 10.2 Å². The van der Waals surface area contributed by atoms with E-state index in [0.717, 1.165) is 4.60 Å². The summed E-state index contributed by atoms with van der Waals surface area (Å²) in [7, 11) is 0. The van der Waals surface area contributed by atoms with Gasteiger partial charge in [-0.3, -0.25) is 19.4 Å². The summed E-state index contributed by atoms with van der Waals surface area (Å²) in [5, 5.41) is 10.1. The molecular formula is C10H8BrN5O2. The van der Waals surface area contributed by atoms with Crippen LogP contribution in [0.4, 0.5) is 10.5 Å². The zero-order valence-corrected chi connectivity index (χ0v) is 10.7. The molecule has 92 valence electrons. The van der Waals surface area contributed by atoms with E-state index in [1.807, 2.05) is 0 Å². The van der Waals surface area contributed by atoms with Crippen LogP contribution >= 0.6 is 15.9 Å². The Balaban J connectivity index is 2.09. The number of fused-ring (bicyclic) bond motifs is 1. The predicted molar refractivity (Wildman–Crippen MR) is 66.2 cm³/mol. The van der Waals surface area contributed by atoms with Gasteiger partial charge in [0.2, 0.25) is 5.91 Å². The summed E-state index contributed by atoms with van der Waals surface area (Å²) in [4.78, 5) is 24.4. The second-order valence-electron chi connectivity index (χ2n) is 3.82. The summed E-state index contributed by atoms with van der Waals surface area (Å²) >= 11 is 3.37. The monoisotopic (exact) mass is 309 g/mol. The lowest BCUT2D eigenvalue weighted by molar-refractivity contribution is -0.120. The molecule has 7 nitrogen and oxygen atoms in total. The summed E-state index contributed by atoms with van der Waals surface area (Å²) in [6.07, 6.45) is 1.83. The second kappa shape index (κ2) is 4.05. The van der Waals surface area contributed by atoms with E-state index in [9.17, 15) is 9.59 Å². The van der Waals surface area contributed by atoms with Gasteiger partial charge in [-0.1, -0.05) is 0 Å². The molecule has 3 amide bonds. The number of pyridine rings is 1. The van der Waals surface area contributed by atoms with Crippen molar-refractivity contribution in [1.29, 1.82) is 0 Å². The van der Waals surface area contributed by atoms with Crippen molar-refractivity contribution in [1.82, 2.24) is 19.9 Å². The molecule has 0 bridgehead atoms. The molecule has 0 aliphatic carbocycles. The molecule has 1 aliphatic rings. The van der Waals surface area contributed by atoms with E-state index < -0.39 is 6.03 Å². The third kappa shape index (κ3) is 1.65. The van der Waals surface area contributed by atoms with E-state index in [-0.39, 0.29) is 12.3 Å². The maximum Gasteiger partial charge on any atom is 0.328 e. The van der Waals surface area contributed by atoms with Crippen molar-refractivity contribution < 1.29 is 9.59 Å². The first kappa shape index (κ1) is 11.1. The lowest BCUT2D eigenvalue weighted by atomic mass is 10.2. The highest BCUT2D eigenvalue weighted by Crippen LogP contribution is 2.25. The van der Waals surface area contributed by atoms with Gasteiger partial charge in [-0.05, 0) is 28.1 Å². The van der Waals surface area contributed by atoms with Gasteiger partial charge < -0.3 is 0 Å². The first-order valence-corrected chi connectivity index (χ1v) is 6.06. The maximum atomic E-state index is 11.8. The minimum absolute atomic E-state index is 0.258. The Morgan fingerprint density at radius 2 is 2.17 bits per heavy atom. The van der Waals surface area contributed by atoms with Gasteiger partial charge in [0, 0.05) is 13.0 Å². The average molecular weight is 310 g/mol. The van der Waals surface area contributed by atoms with E-state index in [4.69, 9.17) is 0 Å². The van der Waals surface area contributed by atoms with Gasteiger partial charge in [-0.25, -0.2) is 4.79 Å². The number of imide groups is 1. The van der Waals surface area contributed by atoms with Crippen LogP contribution < -0.4 is 10.2 Å². The zero-order valence-electron chi connectivity index (χ0n) is 9.13. The quantitative estimate of drug-likeness (QED) is 0.795. The van der Waals surface area contributed by atoms with E-state index in [1.54, 1.807) is 22.9 Å². The van der Waals surface area contributed by atoms with Gasteiger partial charge in [0.15, 0.2) is 5.65 Å². The molecule has 3 heterocycles. The van der Waals surface area contributed by atoms with Crippen molar-refractivity contribution in [2.75, 3.05) is 11.4 Å². The number of halogens is 1. The van der Waals surface area contributed by atoms with Crippen molar-refractivity contribution in [3.05, 3.63) is 23.1 Å². The Morgan fingerprint density at radius 1 is 1.33 bits per heavy atom. The molecule has 8 heteroatoms. The lowest BCUT2D eigenvalue weighted by Crippen LogP contribution is -2.49. The molecule has 2 aromatic heterocycles. The molecule has 0 spiro atoms. The van der Waals surface area contributed by atoms with Crippen molar-refractivity contribution in [3.63, 3.8) is 0 Å². The maximum absolute atomic E-state index is 11.8. The van der Waals surface area contributed by atoms with Crippen LogP contribution in [0.3, 0.4) is 0 Å². The van der Waals surface area contributed by atoms with Crippen molar-refractivity contribution in [2.24, 2.45) is 0 Å². The number of nitrogens with zero attached hydrogens (tertiary/aromatic N) is 4. The molecule has 0 atom stereocenters. The minimum atomic E-state index is -0.432. The molecule has 0 unspecified atom stereocenters. The Kier molecular flexibility index (Phi) is 2.51. The lowest BCUT2D eigenvalue weighted by Gasteiger charge is -2.26. The number of hydrogen-bond acceptors (Lipinski definition) is 4. The molecule has 18 heavy (non-hydrogen) atoms. The largest absolute Gasteiger partial charge is 0.328 e. The number of aromatic nitrogens is 3. The zero-order chi connectivity index (χ0) is 12.7. The summed E-state index contributed by atoms with van der Waals surface area (Å²) in [6.45, 7) is 0.342. The molecule has 1 N–H and O–H groups in total. The van der Waals surface area contributed by atoms with Crippen LogP contribution in [0.15, 0.2) is 23.1 Å². The van der Waals surface area contributed by atoms with Crippen molar-refractivity contribution >= 4 is 39.2 Å². The number of rotatable bonds is 1. The highest BCUT2D eigenvalue weighted by atomic mass is 79.9. The summed E-state index contributed by atoms with van der Waals surface area (Å²) in [6, 6.07) is 3.14. The number of carbonyl (C=O) groups excluding carboxylic acids is 2. The third-order valence-electron chi connectivity index (χ3n) is 2.73. The van der Waals surface area contributed by atoms with Crippen LogP contribution in [0.25, 0.3) is 5.65 Å². The molecule has 1 aliphatic heterocycles. The first-order chi connectivity index (χ1) is 8.66. The van der Waals surface area contributed by atoms with Crippen LogP contribution in [-0.4, -0.2) is 33.1 Å². The number of urea groups is 1. The molecule has 1 saturated heterocycles. The van der Waals surface area contributed by atoms with Crippen molar-refractivity contribution in [2.45, 2.75) is 6.42 Å². The Labute approximate surface area is 110 Å². The van der Waals surface area contributed by atoms with Gasteiger partial charge in [-0.2, -0.15) is 0 Å². The smallest absolute Gasteiger partial charge is 0.290 e. The van der Waals surface area contributed by atoms with Crippen LogP contribution in [0.1, 0.15) is 6.42 Å². The number of anilines is 1. The molecule has 3 rings (SSSR count). The predicted octanol–water partition coefficient (Wildman–Crippen LogP) is 0.938. The van der Waals surface area contributed by atoms with Crippen LogP contribution in [0.5, 0.6) is 0 Å². The first-order valence-electron chi connectivity index (χ1n) is 5.26. The van der Waals surface area contributed by atoms with Crippen LogP contribution in [-0.2, 0) is 4.79 Å². The van der Waals surface area contributed by atoms with Crippen LogP contribution in [0, 0.1) is 0 Å². The van der Waals surface area contributed by atoms with Gasteiger partial charge >= 0.3 is 6.03 Å². The molecule has 2 aromatic rings. The van der Waals surface area contributed by atoms with E-state index >= 15 is 0 Å². The fourth-order valence-electron chi connectivity index (χ4n) is 1.87. The SMILES string of the molecule is O=C1CCN(c2ccc(Br)n3cnnc23)C(=O)N1. The Hall–Kier alpha value is -1.96. The Bertz CT molecular complexity index is 653. The fraction of sp³-hybridized carbons (Fsp3) is 0.200. The number of hydrogen-bond donors (Lipinski definition) is 1. The van der Waals surface area contributed by atoms with Gasteiger partial charge in [0.25, 0.3) is 0 Å². The summed E-state index contributed by atoms with van der Waals surface area (Å²) in [5.74, 6) is -0.258. The average Bonchev–Trinajstić information content (AvgIpc) is 2.81. The van der Waals surface area contributed by atoms with Gasteiger partial charge in [0.05, 0.1) is 10.3 Å². The summed E-state index contributed by atoms with van der Waals surface area (Å²) in [5.41, 5.74) is 1.19. The standard InChI is InChI=1S/C10H8BrN5O2/c11-7-2-1-6(9-14-12-5-16(7)9)15-4-3-8(17)13-10(15)18/h1-2,5H,3-4H2,(H,13,17,18). The highest BCUT2D eigenvalue weighted by molar-refractivity contribution is 9.10. The number of nitrogens with one attached hydrogen (secondary N) is 1. The molecular weight excluding hydrogens is 302 g/mol. The Morgan fingerprint density at radius 3 is 2.94 bits per heavy atom. The number of carbonyl (C=O) groups is 2. The minimum Gasteiger partial charge on any atom is -0.290 e. The second-order valence-corrected chi connectivity index (χ2v) is 4.63. The van der Waals surface area contributed by atoms with E-state index in [0.29, 0.717) is 17.9 Å². The summed E-state index contributed by atoms with van der Waals surface area (Å²) < 4.78 is 2.51. The fourth-order valence-corrected chi connectivity index (χ4v) is 2.26. The van der Waals surface area contributed by atoms with E-state index in [1.165, 1.54) is 4.90 Å². The number of amides is 3. The normalized spacial score (nSPS) is 16.2. The highest BCUT2D eigenvalue weighted by Gasteiger charge is 2.26. The van der Waals surface area contributed by atoms with E-state index in [2.05, 4.69) is 31.4 Å². The van der Waals surface area contributed by atoms with Crippen LogP contribution in [0.2, 0.25) is 0 Å². The molecule has 0 radical (unpaired) electrons. The molecule has 1 fully saturated rings. The molecule has 0 aromatic carbocycles. The van der Waals surface area contributed by atoms with Gasteiger partial charge in [0.1, 0.15) is 6.33 Å². The topological polar surface area (TPSA) is 79.6 Å².